The second-order valence-corrected chi connectivity index (χ2v) is 8.34. The van der Waals surface area contributed by atoms with Gasteiger partial charge in [-0.2, -0.15) is 17.0 Å². The quantitative estimate of drug-likeness (QED) is 0.709. The van der Waals surface area contributed by atoms with Crippen LogP contribution in [0.15, 0.2) is 24.3 Å². The van der Waals surface area contributed by atoms with Gasteiger partial charge in [-0.25, -0.2) is 0 Å². The molecule has 0 radical (unpaired) electrons. The Hall–Kier alpha value is -1.84. The van der Waals surface area contributed by atoms with Crippen molar-refractivity contribution in [1.29, 1.82) is 0 Å². The van der Waals surface area contributed by atoms with E-state index in [-0.39, 0.29) is 12.5 Å². The number of nitrogens with zero attached hydrogens (tertiary/aromatic N) is 4. The molecule has 0 atom stereocenters. The lowest BCUT2D eigenvalue weighted by atomic mass is 10.2. The van der Waals surface area contributed by atoms with Crippen molar-refractivity contribution in [2.45, 2.75) is 0 Å². The summed E-state index contributed by atoms with van der Waals surface area (Å²) in [7, 11) is 2.37. The molecule has 1 amide bonds. The normalized spacial score (nSPS) is 15.8. The van der Waals surface area contributed by atoms with E-state index in [1.54, 1.807) is 12.0 Å². The molecule has 0 N–H and O–H groups in total. The average molecular weight is 370 g/mol. The third kappa shape index (κ3) is 4.42. The second kappa shape index (κ2) is 8.03. The smallest absolute Gasteiger partial charge is 0.281 e. The molecule has 1 aromatic rings. The maximum absolute atomic E-state index is 12.4. The molecule has 140 valence electrons. The van der Waals surface area contributed by atoms with E-state index >= 15 is 0 Å². The third-order valence-corrected chi connectivity index (χ3v) is 6.11. The Morgan fingerprint density at radius 2 is 1.72 bits per heavy atom. The molecule has 1 heterocycles. The van der Waals surface area contributed by atoms with E-state index in [1.165, 1.54) is 21.1 Å². The van der Waals surface area contributed by atoms with Crippen LogP contribution in [0.3, 0.4) is 0 Å². The van der Waals surface area contributed by atoms with Crippen LogP contribution in [0.25, 0.3) is 0 Å². The summed E-state index contributed by atoms with van der Waals surface area (Å²) in [6.45, 7) is 2.29. The molecule has 0 unspecified atom stereocenters. The Morgan fingerprint density at radius 3 is 2.28 bits per heavy atom. The molecular formula is C16H26N4O4S. The van der Waals surface area contributed by atoms with Gasteiger partial charge < -0.3 is 14.5 Å². The van der Waals surface area contributed by atoms with Gasteiger partial charge in [-0.3, -0.25) is 4.79 Å². The maximum atomic E-state index is 12.4. The molecule has 0 aromatic heterocycles. The van der Waals surface area contributed by atoms with E-state index in [0.717, 1.165) is 20.0 Å². The molecule has 0 bridgehead atoms. The van der Waals surface area contributed by atoms with Crippen LogP contribution in [-0.4, -0.2) is 88.8 Å². The van der Waals surface area contributed by atoms with E-state index < -0.39 is 10.2 Å². The number of amides is 1. The highest BCUT2D eigenvalue weighted by atomic mass is 32.2. The zero-order chi connectivity index (χ0) is 18.6. The third-order valence-electron chi connectivity index (χ3n) is 4.27. The number of anilines is 1. The second-order valence-electron chi connectivity index (χ2n) is 6.09. The van der Waals surface area contributed by atoms with Crippen LogP contribution in [0.5, 0.6) is 5.75 Å². The summed E-state index contributed by atoms with van der Waals surface area (Å²) in [5.74, 6) is 0.617. The monoisotopic (exact) mass is 370 g/mol. The molecule has 0 saturated carbocycles. The summed E-state index contributed by atoms with van der Waals surface area (Å²) < 4.78 is 31.6. The number of methoxy groups -OCH3 is 1. The molecule has 8 nitrogen and oxygen atoms in total. The molecule has 1 fully saturated rings. The zero-order valence-corrected chi connectivity index (χ0v) is 16.0. The Labute approximate surface area is 149 Å². The molecule has 9 heteroatoms. The van der Waals surface area contributed by atoms with E-state index in [2.05, 4.69) is 4.90 Å². The van der Waals surface area contributed by atoms with Gasteiger partial charge in [0.15, 0.2) is 0 Å². The van der Waals surface area contributed by atoms with Gasteiger partial charge in [0.2, 0.25) is 5.91 Å². The van der Waals surface area contributed by atoms with Crippen molar-refractivity contribution < 1.29 is 17.9 Å². The van der Waals surface area contributed by atoms with Gasteiger partial charge in [-0.05, 0) is 12.1 Å². The van der Waals surface area contributed by atoms with Gasteiger partial charge in [0.25, 0.3) is 10.2 Å². The maximum Gasteiger partial charge on any atom is 0.281 e. The van der Waals surface area contributed by atoms with Gasteiger partial charge in [-0.15, -0.1) is 0 Å². The van der Waals surface area contributed by atoms with Crippen molar-refractivity contribution in [3.63, 3.8) is 0 Å². The summed E-state index contributed by atoms with van der Waals surface area (Å²) in [5.41, 5.74) is 1.00. The lowest BCUT2D eigenvalue weighted by Gasteiger charge is -2.37. The van der Waals surface area contributed by atoms with Crippen LogP contribution in [0, 0.1) is 0 Å². The number of carbonyl (C=O) groups is 1. The van der Waals surface area contributed by atoms with Crippen LogP contribution in [0.1, 0.15) is 0 Å². The summed E-state index contributed by atoms with van der Waals surface area (Å²) in [5, 5.41) is 0. The summed E-state index contributed by atoms with van der Waals surface area (Å²) in [6, 6.07) is 7.78. The lowest BCUT2D eigenvalue weighted by Crippen LogP contribution is -2.52. The van der Waals surface area contributed by atoms with E-state index in [4.69, 9.17) is 4.74 Å². The van der Waals surface area contributed by atoms with Gasteiger partial charge in [0.1, 0.15) is 5.75 Å². The van der Waals surface area contributed by atoms with E-state index in [1.807, 2.05) is 24.3 Å². The number of ether oxygens (including phenoxy) is 1. The molecule has 1 aliphatic rings. The van der Waals surface area contributed by atoms with Crippen LogP contribution >= 0.6 is 0 Å². The fourth-order valence-corrected chi connectivity index (χ4v) is 3.57. The fourth-order valence-electron chi connectivity index (χ4n) is 2.74. The van der Waals surface area contributed by atoms with Gasteiger partial charge >= 0.3 is 0 Å². The molecule has 0 aliphatic carbocycles. The zero-order valence-electron chi connectivity index (χ0n) is 15.2. The van der Waals surface area contributed by atoms with Gasteiger partial charge in [0, 0.05) is 47.3 Å². The number of hydrogen-bond acceptors (Lipinski definition) is 5. The predicted molar refractivity (Wildman–Crippen MR) is 97.0 cm³/mol. The van der Waals surface area contributed by atoms with Crippen LogP contribution in [0.2, 0.25) is 0 Å². The van der Waals surface area contributed by atoms with Gasteiger partial charge in [0.05, 0.1) is 19.3 Å². The highest BCUT2D eigenvalue weighted by Gasteiger charge is 2.27. The van der Waals surface area contributed by atoms with Crippen molar-refractivity contribution in [3.05, 3.63) is 24.3 Å². The number of rotatable bonds is 6. The Kier molecular flexibility index (Phi) is 6.26. The number of carbonyl (C=O) groups excluding carboxylic acids is 1. The molecule has 0 spiro atoms. The Morgan fingerprint density at radius 1 is 1.12 bits per heavy atom. The highest BCUT2D eigenvalue weighted by molar-refractivity contribution is 7.86. The first-order valence-electron chi connectivity index (χ1n) is 8.07. The SMILES string of the molecule is COc1ccccc1N1CCN(C(=O)CN(C)S(=O)(=O)N(C)C)CC1. The van der Waals surface area contributed by atoms with Crippen molar-refractivity contribution in [2.75, 3.05) is 65.9 Å². The minimum absolute atomic E-state index is 0.158. The topological polar surface area (TPSA) is 73.4 Å². The van der Waals surface area contributed by atoms with Crippen molar-refractivity contribution >= 4 is 21.8 Å². The first kappa shape index (κ1) is 19.5. The number of likely N-dealkylation sites (N-methyl/N-ethyl adjacent to an activating group) is 1. The number of para-hydroxylation sites is 2. The number of benzene rings is 1. The summed E-state index contributed by atoms with van der Waals surface area (Å²) >= 11 is 0. The minimum atomic E-state index is -3.58. The lowest BCUT2D eigenvalue weighted by molar-refractivity contribution is -0.131. The Balaban J connectivity index is 1.95. The van der Waals surface area contributed by atoms with Crippen LogP contribution in [0.4, 0.5) is 5.69 Å². The molecule has 2 rings (SSSR count). The standard InChI is InChI=1S/C16H26N4O4S/c1-17(2)25(22,23)18(3)13-16(21)20-11-9-19(10-12-20)14-7-5-6-8-15(14)24-4/h5-8H,9-13H2,1-4H3. The molecule has 1 aromatic carbocycles. The molecule has 1 saturated heterocycles. The highest BCUT2D eigenvalue weighted by Crippen LogP contribution is 2.28. The summed E-state index contributed by atoms with van der Waals surface area (Å²) in [4.78, 5) is 16.3. The van der Waals surface area contributed by atoms with Crippen molar-refractivity contribution in [1.82, 2.24) is 13.5 Å². The minimum Gasteiger partial charge on any atom is -0.495 e. The van der Waals surface area contributed by atoms with Crippen molar-refractivity contribution in [2.24, 2.45) is 0 Å². The first-order chi connectivity index (χ1) is 11.8. The predicted octanol–water partition coefficient (Wildman–Crippen LogP) is 0.0820. The Bertz CT molecular complexity index is 700. The summed E-state index contributed by atoms with van der Waals surface area (Å²) in [6.07, 6.45) is 0. The largest absolute Gasteiger partial charge is 0.495 e. The van der Waals surface area contributed by atoms with Crippen molar-refractivity contribution in [3.8, 4) is 5.75 Å². The van der Waals surface area contributed by atoms with Crippen LogP contribution < -0.4 is 9.64 Å². The van der Waals surface area contributed by atoms with Gasteiger partial charge in [-0.1, -0.05) is 12.1 Å². The van der Waals surface area contributed by atoms with E-state index in [9.17, 15) is 13.2 Å². The average Bonchev–Trinajstić information content (AvgIpc) is 2.61. The number of hydrogen-bond donors (Lipinski definition) is 0. The van der Waals surface area contributed by atoms with E-state index in [0.29, 0.717) is 26.2 Å². The fraction of sp³-hybridized carbons (Fsp3) is 0.562. The first-order valence-corrected chi connectivity index (χ1v) is 9.46. The molecular weight excluding hydrogens is 344 g/mol. The molecule has 25 heavy (non-hydrogen) atoms. The number of piperazine rings is 1. The molecule has 1 aliphatic heterocycles. The van der Waals surface area contributed by atoms with Crippen LogP contribution in [-0.2, 0) is 15.0 Å².